The number of ether oxygens (including phenoxy) is 2. The minimum Gasteiger partial charge on any atom is -0.376 e. The zero-order valence-corrected chi connectivity index (χ0v) is 19.3. The van der Waals surface area contributed by atoms with Crippen molar-refractivity contribution in [3.63, 3.8) is 0 Å². The lowest BCUT2D eigenvalue weighted by Crippen LogP contribution is -2.48. The number of fused-ring (bicyclic) bond motifs is 1. The highest BCUT2D eigenvalue weighted by molar-refractivity contribution is 7.99. The maximum Gasteiger partial charge on any atom is 0.233 e. The Hall–Kier alpha value is -2.36. The van der Waals surface area contributed by atoms with E-state index in [-0.39, 0.29) is 24.2 Å². The molecule has 32 heavy (non-hydrogen) atoms. The van der Waals surface area contributed by atoms with Crippen molar-refractivity contribution in [1.29, 1.82) is 0 Å². The van der Waals surface area contributed by atoms with Crippen molar-refractivity contribution in [2.45, 2.75) is 56.7 Å². The highest BCUT2D eigenvalue weighted by Crippen LogP contribution is 2.31. The molecule has 0 aliphatic carbocycles. The first-order chi connectivity index (χ1) is 15.6. The number of para-hydroxylation sites is 1. The van der Waals surface area contributed by atoms with E-state index in [2.05, 4.69) is 31.9 Å². The van der Waals surface area contributed by atoms with Gasteiger partial charge in [0.15, 0.2) is 11.0 Å². The zero-order chi connectivity index (χ0) is 22.1. The fraction of sp³-hybridized carbons (Fsp3) is 0.522. The second-order valence-corrected chi connectivity index (χ2v) is 9.59. The number of rotatable bonds is 6. The summed E-state index contributed by atoms with van der Waals surface area (Å²) in [5, 5.41) is 10.9. The molecule has 0 radical (unpaired) electrons. The summed E-state index contributed by atoms with van der Waals surface area (Å²) in [6.45, 7) is 6.76. The summed E-state index contributed by atoms with van der Waals surface area (Å²) < 4.78 is 13.8. The van der Waals surface area contributed by atoms with Gasteiger partial charge < -0.3 is 19.4 Å². The average molecular weight is 456 g/mol. The molecule has 0 saturated carbocycles. The molecule has 2 fully saturated rings. The van der Waals surface area contributed by atoms with Crippen LogP contribution in [0, 0.1) is 0 Å². The van der Waals surface area contributed by atoms with Crippen LogP contribution in [0.1, 0.15) is 26.7 Å². The molecule has 0 spiro atoms. The molecule has 9 heteroatoms. The molecule has 1 N–H and O–H groups in total. The van der Waals surface area contributed by atoms with Crippen molar-refractivity contribution in [1.82, 2.24) is 24.6 Å². The van der Waals surface area contributed by atoms with Crippen LogP contribution in [0.25, 0.3) is 22.3 Å². The number of amides is 1. The number of nitrogens with one attached hydrogen (secondary N) is 1. The lowest BCUT2D eigenvalue weighted by molar-refractivity contribution is -0.140. The summed E-state index contributed by atoms with van der Waals surface area (Å²) in [6, 6.07) is 8.18. The number of thioether (sulfide) groups is 1. The van der Waals surface area contributed by atoms with E-state index < -0.39 is 0 Å². The first-order valence-electron chi connectivity index (χ1n) is 11.3. The van der Waals surface area contributed by atoms with Crippen molar-refractivity contribution in [3.8, 4) is 11.4 Å². The van der Waals surface area contributed by atoms with Crippen LogP contribution in [0.15, 0.2) is 35.6 Å². The Balaban J connectivity index is 1.39. The zero-order valence-electron chi connectivity index (χ0n) is 18.5. The smallest absolute Gasteiger partial charge is 0.233 e. The van der Waals surface area contributed by atoms with Gasteiger partial charge in [-0.3, -0.25) is 9.36 Å². The Morgan fingerprint density at radius 2 is 2.03 bits per heavy atom. The van der Waals surface area contributed by atoms with E-state index >= 15 is 0 Å². The molecule has 3 aromatic rings. The summed E-state index contributed by atoms with van der Waals surface area (Å²) in [5.74, 6) is 1.25. The van der Waals surface area contributed by atoms with Crippen molar-refractivity contribution >= 4 is 28.6 Å². The van der Waals surface area contributed by atoms with Gasteiger partial charge in [-0.05, 0) is 32.8 Å². The van der Waals surface area contributed by atoms with Crippen LogP contribution in [-0.2, 0) is 20.8 Å². The van der Waals surface area contributed by atoms with Crippen LogP contribution in [-0.4, -0.2) is 74.3 Å². The normalized spacial score (nSPS) is 23.8. The van der Waals surface area contributed by atoms with E-state index in [0.29, 0.717) is 25.4 Å². The molecule has 2 aromatic heterocycles. The summed E-state index contributed by atoms with van der Waals surface area (Å²) in [4.78, 5) is 18.1. The van der Waals surface area contributed by atoms with Crippen molar-refractivity contribution < 1.29 is 14.3 Å². The second-order valence-electron chi connectivity index (χ2n) is 8.64. The van der Waals surface area contributed by atoms with E-state index in [1.165, 1.54) is 11.8 Å². The van der Waals surface area contributed by atoms with E-state index in [1.807, 2.05) is 37.1 Å². The number of aromatic amines is 1. The molecule has 8 nitrogen and oxygen atoms in total. The Morgan fingerprint density at radius 3 is 2.81 bits per heavy atom. The number of nitrogens with zero attached hydrogens (tertiary/aromatic N) is 4. The van der Waals surface area contributed by atoms with Gasteiger partial charge in [0.1, 0.15) is 0 Å². The number of H-pyrrole nitrogens is 1. The summed E-state index contributed by atoms with van der Waals surface area (Å²) in [7, 11) is 0. The molecule has 1 amide bonds. The summed E-state index contributed by atoms with van der Waals surface area (Å²) in [5.41, 5.74) is 2.08. The van der Waals surface area contributed by atoms with Gasteiger partial charge in [0.2, 0.25) is 5.91 Å². The van der Waals surface area contributed by atoms with Crippen molar-refractivity contribution in [2.75, 3.05) is 25.4 Å². The van der Waals surface area contributed by atoms with E-state index in [0.717, 1.165) is 46.9 Å². The molecule has 0 bridgehead atoms. The minimum absolute atomic E-state index is 0.0596. The minimum atomic E-state index is 0.0596. The van der Waals surface area contributed by atoms with Crippen molar-refractivity contribution in [2.24, 2.45) is 0 Å². The largest absolute Gasteiger partial charge is 0.376 e. The maximum atomic E-state index is 12.9. The monoisotopic (exact) mass is 455 g/mol. The summed E-state index contributed by atoms with van der Waals surface area (Å²) in [6.07, 6.45) is 4.35. The van der Waals surface area contributed by atoms with Gasteiger partial charge in [-0.15, -0.1) is 10.2 Å². The lowest BCUT2D eigenvalue weighted by atomic mass is 10.1. The molecule has 4 heterocycles. The highest BCUT2D eigenvalue weighted by Gasteiger charge is 2.27. The number of hydrogen-bond acceptors (Lipinski definition) is 6. The molecule has 170 valence electrons. The molecule has 2 saturated heterocycles. The average Bonchev–Trinajstić information content (AvgIpc) is 3.52. The third kappa shape index (κ3) is 4.42. The topological polar surface area (TPSA) is 85.3 Å². The first kappa shape index (κ1) is 21.5. The van der Waals surface area contributed by atoms with Gasteiger partial charge in [0, 0.05) is 42.4 Å². The highest BCUT2D eigenvalue weighted by atomic mass is 32.2. The predicted octanol–water partition coefficient (Wildman–Crippen LogP) is 3.33. The second kappa shape index (κ2) is 9.25. The number of morpholine rings is 1. The number of benzene rings is 1. The lowest BCUT2D eigenvalue weighted by Gasteiger charge is -2.35. The quantitative estimate of drug-likeness (QED) is 0.574. The predicted molar refractivity (Wildman–Crippen MR) is 124 cm³/mol. The SMILES string of the molecule is C[C@@H]1CN(C(=O)CSc2nnc(-c3c[nH]c4ccccc34)n2C[C@@H]2CCCO2)C[C@H](C)O1. The number of aromatic nitrogens is 4. The number of hydrogen-bond donors (Lipinski definition) is 1. The van der Waals surface area contributed by atoms with E-state index in [4.69, 9.17) is 9.47 Å². The molecule has 0 unspecified atom stereocenters. The Bertz CT molecular complexity index is 1080. The maximum absolute atomic E-state index is 12.9. The molecule has 2 aliphatic heterocycles. The number of carbonyl (C=O) groups is 1. The van der Waals surface area contributed by atoms with E-state index in [9.17, 15) is 4.79 Å². The van der Waals surface area contributed by atoms with Gasteiger partial charge in [-0.1, -0.05) is 30.0 Å². The van der Waals surface area contributed by atoms with Crippen LogP contribution in [0.3, 0.4) is 0 Å². The molecule has 1 aromatic carbocycles. The van der Waals surface area contributed by atoms with Crippen LogP contribution >= 0.6 is 11.8 Å². The fourth-order valence-corrected chi connectivity index (χ4v) is 5.46. The molecular formula is C23H29N5O3S. The number of carbonyl (C=O) groups excluding carboxylic acids is 1. The molecule has 2 aliphatic rings. The standard InChI is InChI=1S/C23H29N5O3S/c1-15-11-27(12-16(2)31-15)21(29)14-32-23-26-25-22(28(23)13-17-6-5-9-30-17)19-10-24-20-8-4-3-7-18(19)20/h3-4,7-8,10,15-17,24H,5-6,9,11-14H2,1-2H3/t15-,16+,17-/m0/s1. The van der Waals surface area contributed by atoms with Gasteiger partial charge in [-0.2, -0.15) is 0 Å². The first-order valence-corrected chi connectivity index (χ1v) is 12.2. The molecule has 5 rings (SSSR count). The fourth-order valence-electron chi connectivity index (χ4n) is 4.61. The Labute approximate surface area is 191 Å². The van der Waals surface area contributed by atoms with Gasteiger partial charge in [-0.25, -0.2) is 0 Å². The van der Waals surface area contributed by atoms with Crippen LogP contribution < -0.4 is 0 Å². The Kier molecular flexibility index (Phi) is 6.21. The van der Waals surface area contributed by atoms with Gasteiger partial charge in [0.05, 0.1) is 30.6 Å². The van der Waals surface area contributed by atoms with Crippen LogP contribution in [0.4, 0.5) is 0 Å². The third-order valence-electron chi connectivity index (χ3n) is 6.05. The van der Waals surface area contributed by atoms with Crippen molar-refractivity contribution in [3.05, 3.63) is 30.5 Å². The van der Waals surface area contributed by atoms with E-state index in [1.54, 1.807) is 0 Å². The Morgan fingerprint density at radius 1 is 1.22 bits per heavy atom. The summed E-state index contributed by atoms with van der Waals surface area (Å²) >= 11 is 1.45. The van der Waals surface area contributed by atoms with Crippen LogP contribution in [0.2, 0.25) is 0 Å². The third-order valence-corrected chi connectivity index (χ3v) is 7.01. The van der Waals surface area contributed by atoms with Gasteiger partial charge >= 0.3 is 0 Å². The van der Waals surface area contributed by atoms with Gasteiger partial charge in [0.25, 0.3) is 0 Å². The van der Waals surface area contributed by atoms with Crippen LogP contribution in [0.5, 0.6) is 0 Å². The molecule has 3 atom stereocenters. The molecular weight excluding hydrogens is 426 g/mol.